The molecular formula is C20H25FN2O2S. The second-order valence-corrected chi connectivity index (χ2v) is 8.24. The highest BCUT2D eigenvalue weighted by Crippen LogP contribution is 2.37. The SMILES string of the molecule is COC(=O)N1CCC(N2CCC(c3csc4cc(F)ccc34)CC2)CC1. The molecule has 1 aromatic heterocycles. The van der Waals surface area contributed by atoms with E-state index in [4.69, 9.17) is 4.74 Å². The molecule has 2 aliphatic rings. The minimum absolute atomic E-state index is 0.154. The number of likely N-dealkylation sites (tertiary alicyclic amines) is 2. The summed E-state index contributed by atoms with van der Waals surface area (Å²) in [7, 11) is 1.45. The number of hydrogen-bond acceptors (Lipinski definition) is 4. The maximum atomic E-state index is 13.4. The van der Waals surface area contributed by atoms with Gasteiger partial charge in [-0.3, -0.25) is 0 Å². The molecule has 0 aliphatic carbocycles. The molecule has 0 atom stereocenters. The second-order valence-electron chi connectivity index (χ2n) is 7.33. The van der Waals surface area contributed by atoms with Crippen LogP contribution in [0.4, 0.5) is 9.18 Å². The summed E-state index contributed by atoms with van der Waals surface area (Å²) in [4.78, 5) is 16.0. The lowest BCUT2D eigenvalue weighted by Crippen LogP contribution is -2.48. The highest BCUT2D eigenvalue weighted by molar-refractivity contribution is 7.17. The number of nitrogens with zero attached hydrogens (tertiary/aromatic N) is 2. The number of thiophene rings is 1. The Hall–Kier alpha value is -1.66. The highest BCUT2D eigenvalue weighted by Gasteiger charge is 2.30. The standard InChI is InChI=1S/C20H25FN2O2S/c1-25-20(24)23-10-6-16(7-11-23)22-8-4-14(5-9-22)18-13-26-19-12-15(21)2-3-17(18)19/h2-3,12-14,16H,4-11H2,1H3. The molecule has 0 spiro atoms. The van der Waals surface area contributed by atoms with Crippen LogP contribution in [0.5, 0.6) is 0 Å². The zero-order valence-electron chi connectivity index (χ0n) is 15.1. The van der Waals surface area contributed by atoms with Crippen LogP contribution in [0, 0.1) is 5.82 Å². The van der Waals surface area contributed by atoms with Crippen LogP contribution in [-0.4, -0.2) is 55.2 Å². The molecule has 4 rings (SSSR count). The molecule has 1 aromatic carbocycles. The Kier molecular flexibility index (Phi) is 5.14. The predicted molar refractivity (Wildman–Crippen MR) is 102 cm³/mol. The molecule has 26 heavy (non-hydrogen) atoms. The van der Waals surface area contributed by atoms with Gasteiger partial charge in [0.05, 0.1) is 7.11 Å². The molecule has 0 N–H and O–H groups in total. The number of benzene rings is 1. The van der Waals surface area contributed by atoms with Crippen LogP contribution in [0.25, 0.3) is 10.1 Å². The molecule has 6 heteroatoms. The van der Waals surface area contributed by atoms with E-state index >= 15 is 0 Å². The molecule has 1 amide bonds. The first-order valence-electron chi connectivity index (χ1n) is 9.39. The van der Waals surface area contributed by atoms with Gasteiger partial charge in [0.2, 0.25) is 0 Å². The van der Waals surface area contributed by atoms with Crippen molar-refractivity contribution in [3.63, 3.8) is 0 Å². The second kappa shape index (κ2) is 7.53. The maximum Gasteiger partial charge on any atom is 0.409 e. The molecular weight excluding hydrogens is 351 g/mol. The number of carbonyl (C=O) groups excluding carboxylic acids is 1. The van der Waals surface area contributed by atoms with Gasteiger partial charge < -0.3 is 14.5 Å². The third-order valence-electron chi connectivity index (χ3n) is 5.95. The lowest BCUT2D eigenvalue weighted by Gasteiger charge is -2.41. The minimum Gasteiger partial charge on any atom is -0.453 e. The topological polar surface area (TPSA) is 32.8 Å². The largest absolute Gasteiger partial charge is 0.453 e. The maximum absolute atomic E-state index is 13.4. The molecule has 2 aromatic rings. The van der Waals surface area contributed by atoms with E-state index in [9.17, 15) is 9.18 Å². The Morgan fingerprint density at radius 2 is 1.88 bits per heavy atom. The molecule has 0 saturated carbocycles. The lowest BCUT2D eigenvalue weighted by molar-refractivity contribution is 0.0734. The number of piperidine rings is 2. The van der Waals surface area contributed by atoms with Crippen LogP contribution >= 0.6 is 11.3 Å². The Morgan fingerprint density at radius 3 is 2.58 bits per heavy atom. The zero-order valence-corrected chi connectivity index (χ0v) is 15.9. The third kappa shape index (κ3) is 3.45. The summed E-state index contributed by atoms with van der Waals surface area (Å²) in [6, 6.07) is 5.73. The average Bonchev–Trinajstić information content (AvgIpc) is 3.10. The number of hydrogen-bond donors (Lipinski definition) is 0. The third-order valence-corrected chi connectivity index (χ3v) is 6.91. The number of carbonyl (C=O) groups is 1. The van der Waals surface area contributed by atoms with Gasteiger partial charge >= 0.3 is 6.09 Å². The Labute approximate surface area is 157 Å². The molecule has 2 fully saturated rings. The van der Waals surface area contributed by atoms with Gasteiger partial charge in [-0.05, 0) is 73.2 Å². The monoisotopic (exact) mass is 376 g/mol. The summed E-state index contributed by atoms with van der Waals surface area (Å²) in [6.45, 7) is 3.79. The van der Waals surface area contributed by atoms with Crippen LogP contribution in [-0.2, 0) is 4.74 Å². The van der Waals surface area contributed by atoms with E-state index in [1.54, 1.807) is 28.4 Å². The van der Waals surface area contributed by atoms with Crippen LogP contribution in [0.3, 0.4) is 0 Å². The fourth-order valence-electron chi connectivity index (χ4n) is 4.46. The summed E-state index contributed by atoms with van der Waals surface area (Å²) in [6.07, 6.45) is 4.16. The van der Waals surface area contributed by atoms with E-state index in [2.05, 4.69) is 10.3 Å². The lowest BCUT2D eigenvalue weighted by atomic mass is 9.88. The van der Waals surface area contributed by atoms with Crippen molar-refractivity contribution in [1.82, 2.24) is 9.80 Å². The first-order chi connectivity index (χ1) is 12.7. The number of amides is 1. The number of halogens is 1. The van der Waals surface area contributed by atoms with Gasteiger partial charge in [0, 0.05) is 23.8 Å². The summed E-state index contributed by atoms with van der Waals surface area (Å²) < 4.78 is 19.3. The van der Waals surface area contributed by atoms with E-state index in [0.29, 0.717) is 12.0 Å². The molecule has 2 saturated heterocycles. The number of methoxy groups -OCH3 is 1. The van der Waals surface area contributed by atoms with Crippen LogP contribution < -0.4 is 0 Å². The van der Waals surface area contributed by atoms with Crippen LogP contribution in [0.1, 0.15) is 37.2 Å². The molecule has 0 unspecified atom stereocenters. The summed E-state index contributed by atoms with van der Waals surface area (Å²) in [5.41, 5.74) is 1.39. The van der Waals surface area contributed by atoms with Gasteiger partial charge in [-0.2, -0.15) is 0 Å². The molecule has 4 nitrogen and oxygen atoms in total. The van der Waals surface area contributed by atoms with Crippen LogP contribution in [0.2, 0.25) is 0 Å². The number of ether oxygens (including phenoxy) is 1. The van der Waals surface area contributed by atoms with Crippen molar-refractivity contribution in [3.8, 4) is 0 Å². The van der Waals surface area contributed by atoms with E-state index in [-0.39, 0.29) is 11.9 Å². The molecule has 0 radical (unpaired) electrons. The van der Waals surface area contributed by atoms with E-state index in [1.165, 1.54) is 18.1 Å². The van der Waals surface area contributed by atoms with Crippen molar-refractivity contribution in [1.29, 1.82) is 0 Å². The normalized spacial score (nSPS) is 20.6. The van der Waals surface area contributed by atoms with E-state index in [1.807, 2.05) is 6.07 Å². The fraction of sp³-hybridized carbons (Fsp3) is 0.550. The van der Waals surface area contributed by atoms with Crippen molar-refractivity contribution in [2.75, 3.05) is 33.3 Å². The first kappa shape index (κ1) is 17.7. The van der Waals surface area contributed by atoms with Crippen molar-refractivity contribution in [2.45, 2.75) is 37.6 Å². The van der Waals surface area contributed by atoms with Crippen molar-refractivity contribution in [3.05, 3.63) is 35.0 Å². The van der Waals surface area contributed by atoms with Crippen molar-refractivity contribution in [2.24, 2.45) is 0 Å². The van der Waals surface area contributed by atoms with Gasteiger partial charge in [-0.1, -0.05) is 6.07 Å². The Morgan fingerprint density at radius 1 is 1.15 bits per heavy atom. The Balaban J connectivity index is 1.35. The molecule has 2 aliphatic heterocycles. The molecule has 3 heterocycles. The minimum atomic E-state index is -0.206. The van der Waals surface area contributed by atoms with Crippen LogP contribution in [0.15, 0.2) is 23.6 Å². The van der Waals surface area contributed by atoms with Crippen molar-refractivity contribution < 1.29 is 13.9 Å². The zero-order chi connectivity index (χ0) is 18.1. The quantitative estimate of drug-likeness (QED) is 0.776. The fourth-order valence-corrected chi connectivity index (χ4v) is 5.52. The van der Waals surface area contributed by atoms with Gasteiger partial charge in [-0.15, -0.1) is 11.3 Å². The summed E-state index contributed by atoms with van der Waals surface area (Å²) in [5.74, 6) is 0.416. The summed E-state index contributed by atoms with van der Waals surface area (Å²) >= 11 is 1.65. The Bertz CT molecular complexity index is 777. The number of rotatable bonds is 2. The first-order valence-corrected chi connectivity index (χ1v) is 10.3. The number of fused-ring (bicyclic) bond motifs is 1. The van der Waals surface area contributed by atoms with Gasteiger partial charge in [-0.25, -0.2) is 9.18 Å². The van der Waals surface area contributed by atoms with Crippen molar-refractivity contribution >= 4 is 27.5 Å². The highest BCUT2D eigenvalue weighted by atomic mass is 32.1. The molecule has 0 bridgehead atoms. The predicted octanol–water partition coefficient (Wildman–Crippen LogP) is 4.45. The average molecular weight is 376 g/mol. The van der Waals surface area contributed by atoms with Gasteiger partial charge in [0.25, 0.3) is 0 Å². The summed E-state index contributed by atoms with van der Waals surface area (Å²) in [5, 5.41) is 3.44. The van der Waals surface area contributed by atoms with Gasteiger partial charge in [0.1, 0.15) is 5.82 Å². The van der Waals surface area contributed by atoms with Gasteiger partial charge in [0.15, 0.2) is 0 Å². The van der Waals surface area contributed by atoms with E-state index < -0.39 is 0 Å². The molecule has 140 valence electrons. The smallest absolute Gasteiger partial charge is 0.409 e. The van der Waals surface area contributed by atoms with E-state index in [0.717, 1.165) is 56.6 Å².